The molecule has 0 aromatic rings. The van der Waals surface area contributed by atoms with Gasteiger partial charge in [-0.25, -0.2) is 0 Å². The Bertz CT molecular complexity index is 264. The number of primary amides is 1. The molecule has 5 nitrogen and oxygen atoms in total. The van der Waals surface area contributed by atoms with Crippen LogP contribution in [0, 0.1) is 0 Å². The van der Waals surface area contributed by atoms with Crippen LogP contribution in [0.3, 0.4) is 0 Å². The van der Waals surface area contributed by atoms with Crippen molar-refractivity contribution in [3.8, 4) is 0 Å². The van der Waals surface area contributed by atoms with Crippen molar-refractivity contribution in [1.29, 1.82) is 0 Å². The summed E-state index contributed by atoms with van der Waals surface area (Å²) in [6, 6.07) is -0.168. The van der Waals surface area contributed by atoms with E-state index in [1.807, 2.05) is 4.90 Å². The van der Waals surface area contributed by atoms with E-state index in [2.05, 4.69) is 5.32 Å². The van der Waals surface area contributed by atoms with Crippen LogP contribution in [0.1, 0.15) is 25.7 Å². The van der Waals surface area contributed by atoms with Crippen molar-refractivity contribution in [3.05, 3.63) is 0 Å². The number of hydrogen-bond donors (Lipinski definition) is 3. The van der Waals surface area contributed by atoms with E-state index in [0.29, 0.717) is 6.54 Å². The molecule has 0 bridgehead atoms. The van der Waals surface area contributed by atoms with Gasteiger partial charge in [-0.05, 0) is 45.3 Å². The number of piperidine rings is 1. The van der Waals surface area contributed by atoms with Crippen molar-refractivity contribution in [3.63, 3.8) is 0 Å². The predicted molar refractivity (Wildman–Crippen MR) is 60.8 cm³/mol. The second-order valence-electron chi connectivity index (χ2n) is 5.01. The Kier molecular flexibility index (Phi) is 3.47. The third-order valence-electron chi connectivity index (χ3n) is 3.72. The zero-order valence-electron chi connectivity index (χ0n) is 9.61. The molecule has 0 aromatic heterocycles. The summed E-state index contributed by atoms with van der Waals surface area (Å²) in [5.74, 6) is -0.255. The SMILES string of the molecule is NC(=O)C1CCCN1CC1(O)CCNCC1. The Morgan fingerprint density at radius 3 is 2.81 bits per heavy atom. The maximum absolute atomic E-state index is 11.2. The zero-order valence-corrected chi connectivity index (χ0v) is 9.61. The molecule has 0 aromatic carbocycles. The summed E-state index contributed by atoms with van der Waals surface area (Å²) in [5, 5.41) is 13.6. The van der Waals surface area contributed by atoms with E-state index >= 15 is 0 Å². The summed E-state index contributed by atoms with van der Waals surface area (Å²) in [4.78, 5) is 13.3. The lowest BCUT2D eigenvalue weighted by molar-refractivity contribution is -0.123. The number of aliphatic hydroxyl groups is 1. The number of hydrogen-bond acceptors (Lipinski definition) is 4. The van der Waals surface area contributed by atoms with Crippen LogP contribution in [-0.2, 0) is 4.79 Å². The number of β-amino-alcohol motifs (C(OH)–C–C–N with tert-alkyl or cyclic N) is 1. The van der Waals surface area contributed by atoms with Crippen molar-refractivity contribution < 1.29 is 9.90 Å². The molecule has 0 aliphatic carbocycles. The van der Waals surface area contributed by atoms with Gasteiger partial charge in [0.25, 0.3) is 0 Å². The summed E-state index contributed by atoms with van der Waals surface area (Å²) in [7, 11) is 0. The predicted octanol–water partition coefficient (Wildman–Crippen LogP) is -0.949. The molecule has 2 aliphatic heterocycles. The van der Waals surface area contributed by atoms with Gasteiger partial charge in [0.05, 0.1) is 11.6 Å². The third kappa shape index (κ3) is 2.53. The molecule has 2 saturated heterocycles. The first-order valence-electron chi connectivity index (χ1n) is 6.07. The fourth-order valence-corrected chi connectivity index (χ4v) is 2.77. The summed E-state index contributed by atoms with van der Waals surface area (Å²) < 4.78 is 0. The van der Waals surface area contributed by atoms with Gasteiger partial charge in [0, 0.05) is 6.54 Å². The Morgan fingerprint density at radius 1 is 1.50 bits per heavy atom. The topological polar surface area (TPSA) is 78.6 Å². The average Bonchev–Trinajstić information content (AvgIpc) is 2.66. The summed E-state index contributed by atoms with van der Waals surface area (Å²) >= 11 is 0. The van der Waals surface area contributed by atoms with Crippen molar-refractivity contribution in [2.75, 3.05) is 26.2 Å². The van der Waals surface area contributed by atoms with Crippen LogP contribution in [0.5, 0.6) is 0 Å². The standard InChI is InChI=1S/C11H21N3O2/c12-10(15)9-2-1-7-14(9)8-11(16)3-5-13-6-4-11/h9,13,16H,1-8H2,(H2,12,15). The molecule has 2 fully saturated rings. The zero-order chi connectivity index (χ0) is 11.6. The molecule has 4 N–H and O–H groups in total. The maximum Gasteiger partial charge on any atom is 0.234 e. The van der Waals surface area contributed by atoms with Gasteiger partial charge in [0.15, 0.2) is 0 Å². The molecule has 1 atom stereocenters. The smallest absolute Gasteiger partial charge is 0.234 e. The van der Waals surface area contributed by atoms with Crippen molar-refractivity contribution in [2.45, 2.75) is 37.3 Å². The van der Waals surface area contributed by atoms with Crippen molar-refractivity contribution >= 4 is 5.91 Å². The molecule has 2 rings (SSSR count). The lowest BCUT2D eigenvalue weighted by Gasteiger charge is -2.37. The number of carbonyl (C=O) groups is 1. The van der Waals surface area contributed by atoms with E-state index in [0.717, 1.165) is 45.3 Å². The van der Waals surface area contributed by atoms with E-state index in [1.165, 1.54) is 0 Å². The summed E-state index contributed by atoms with van der Waals surface area (Å²) in [6.07, 6.45) is 3.36. The average molecular weight is 227 g/mol. The van der Waals surface area contributed by atoms with Gasteiger partial charge in [-0.2, -0.15) is 0 Å². The van der Waals surface area contributed by atoms with Gasteiger partial charge in [0.1, 0.15) is 0 Å². The Balaban J connectivity index is 1.94. The van der Waals surface area contributed by atoms with Gasteiger partial charge >= 0.3 is 0 Å². The monoisotopic (exact) mass is 227 g/mol. The number of rotatable bonds is 3. The number of carbonyl (C=O) groups excluding carboxylic acids is 1. The largest absolute Gasteiger partial charge is 0.388 e. The highest BCUT2D eigenvalue weighted by atomic mass is 16.3. The quantitative estimate of drug-likeness (QED) is 0.581. The number of amides is 1. The highest BCUT2D eigenvalue weighted by Crippen LogP contribution is 2.24. The van der Waals surface area contributed by atoms with Crippen LogP contribution in [0.15, 0.2) is 0 Å². The molecule has 5 heteroatoms. The molecule has 16 heavy (non-hydrogen) atoms. The molecule has 0 radical (unpaired) electrons. The van der Waals surface area contributed by atoms with E-state index < -0.39 is 5.60 Å². The fraction of sp³-hybridized carbons (Fsp3) is 0.909. The van der Waals surface area contributed by atoms with E-state index in [9.17, 15) is 9.90 Å². The Labute approximate surface area is 96.0 Å². The first-order chi connectivity index (χ1) is 7.61. The number of nitrogens with two attached hydrogens (primary N) is 1. The molecule has 92 valence electrons. The number of likely N-dealkylation sites (tertiary alicyclic amines) is 1. The van der Waals surface area contributed by atoms with Gasteiger partial charge < -0.3 is 16.2 Å². The highest BCUT2D eigenvalue weighted by molar-refractivity contribution is 5.80. The molecular formula is C11H21N3O2. The van der Waals surface area contributed by atoms with Crippen LogP contribution in [0.25, 0.3) is 0 Å². The van der Waals surface area contributed by atoms with E-state index in [4.69, 9.17) is 5.73 Å². The summed E-state index contributed by atoms with van der Waals surface area (Å²) in [6.45, 7) is 3.17. The van der Waals surface area contributed by atoms with Gasteiger partial charge in [-0.3, -0.25) is 9.69 Å². The number of nitrogens with one attached hydrogen (secondary N) is 1. The minimum Gasteiger partial charge on any atom is -0.388 e. The fourth-order valence-electron chi connectivity index (χ4n) is 2.77. The first kappa shape index (κ1) is 11.8. The van der Waals surface area contributed by atoms with Crippen molar-refractivity contribution in [2.24, 2.45) is 5.73 Å². The van der Waals surface area contributed by atoms with Gasteiger partial charge in [-0.1, -0.05) is 0 Å². The summed E-state index contributed by atoms with van der Waals surface area (Å²) in [5.41, 5.74) is 4.73. The van der Waals surface area contributed by atoms with Crippen LogP contribution >= 0.6 is 0 Å². The first-order valence-corrected chi connectivity index (χ1v) is 6.07. The lowest BCUT2D eigenvalue weighted by Crippen LogP contribution is -2.52. The minimum absolute atomic E-state index is 0.168. The van der Waals surface area contributed by atoms with E-state index in [-0.39, 0.29) is 11.9 Å². The van der Waals surface area contributed by atoms with E-state index in [1.54, 1.807) is 0 Å². The molecule has 1 amide bonds. The molecule has 1 unspecified atom stereocenters. The molecular weight excluding hydrogens is 206 g/mol. The van der Waals surface area contributed by atoms with Crippen LogP contribution in [-0.4, -0.2) is 53.7 Å². The normalized spacial score (nSPS) is 30.4. The third-order valence-corrected chi connectivity index (χ3v) is 3.72. The molecule has 0 saturated carbocycles. The highest BCUT2D eigenvalue weighted by Gasteiger charge is 2.37. The Hall–Kier alpha value is -0.650. The second kappa shape index (κ2) is 4.69. The van der Waals surface area contributed by atoms with Crippen LogP contribution < -0.4 is 11.1 Å². The van der Waals surface area contributed by atoms with Gasteiger partial charge in [-0.15, -0.1) is 0 Å². The van der Waals surface area contributed by atoms with Crippen molar-refractivity contribution in [1.82, 2.24) is 10.2 Å². The van der Waals surface area contributed by atoms with Crippen LogP contribution in [0.4, 0.5) is 0 Å². The molecule has 2 aliphatic rings. The second-order valence-corrected chi connectivity index (χ2v) is 5.01. The maximum atomic E-state index is 11.2. The van der Waals surface area contributed by atoms with Crippen LogP contribution in [0.2, 0.25) is 0 Å². The Morgan fingerprint density at radius 2 is 2.19 bits per heavy atom. The lowest BCUT2D eigenvalue weighted by atomic mass is 9.91. The minimum atomic E-state index is -0.636. The molecule has 2 heterocycles. The van der Waals surface area contributed by atoms with Gasteiger partial charge in [0.2, 0.25) is 5.91 Å². The number of nitrogens with zero attached hydrogens (tertiary/aromatic N) is 1. The molecule has 0 spiro atoms.